The molecule has 0 bridgehead atoms. The molecule has 0 spiro atoms. The first-order valence-corrected chi connectivity index (χ1v) is 6.28. The summed E-state index contributed by atoms with van der Waals surface area (Å²) in [6, 6.07) is 7.80. The molecule has 0 aromatic heterocycles. The fourth-order valence-corrected chi connectivity index (χ4v) is 2.39. The number of anilines is 1. The Morgan fingerprint density at radius 3 is 2.84 bits per heavy atom. The quantitative estimate of drug-likeness (QED) is 0.815. The molecule has 1 fully saturated rings. The minimum atomic E-state index is -0.602. The predicted octanol–water partition coefficient (Wildman–Crippen LogP) is 1.78. The number of benzene rings is 1. The molecule has 100 valence electrons. The number of carbonyl (C=O) groups excluding carboxylic acids is 1. The summed E-state index contributed by atoms with van der Waals surface area (Å²) in [5.41, 5.74) is 0.395. The lowest BCUT2D eigenvalue weighted by molar-refractivity contribution is -0.130. The SMILES string of the molecule is CN1CCCN(c2ccccc2F)C(CC#N)C1=O. The summed E-state index contributed by atoms with van der Waals surface area (Å²) in [6.07, 6.45) is 0.829. The Hall–Kier alpha value is -2.09. The molecule has 1 aromatic carbocycles. The van der Waals surface area contributed by atoms with Gasteiger partial charge in [-0.25, -0.2) is 4.39 Å². The zero-order valence-electron chi connectivity index (χ0n) is 10.8. The van der Waals surface area contributed by atoms with Crippen molar-refractivity contribution in [2.45, 2.75) is 18.9 Å². The Labute approximate surface area is 112 Å². The number of para-hydroxylation sites is 1. The third kappa shape index (κ3) is 2.68. The topological polar surface area (TPSA) is 47.3 Å². The van der Waals surface area contributed by atoms with Crippen LogP contribution in [0.3, 0.4) is 0 Å². The molecule has 1 aliphatic rings. The van der Waals surface area contributed by atoms with Crippen molar-refractivity contribution in [3.05, 3.63) is 30.1 Å². The van der Waals surface area contributed by atoms with Gasteiger partial charge in [0.25, 0.3) is 0 Å². The van der Waals surface area contributed by atoms with Crippen molar-refractivity contribution in [1.82, 2.24) is 4.90 Å². The van der Waals surface area contributed by atoms with Gasteiger partial charge < -0.3 is 9.80 Å². The Morgan fingerprint density at radius 1 is 1.42 bits per heavy atom. The maximum Gasteiger partial charge on any atom is 0.246 e. The van der Waals surface area contributed by atoms with Crippen molar-refractivity contribution >= 4 is 11.6 Å². The van der Waals surface area contributed by atoms with Crippen LogP contribution in [0.1, 0.15) is 12.8 Å². The number of carbonyl (C=O) groups is 1. The molecule has 1 amide bonds. The third-order valence-corrected chi connectivity index (χ3v) is 3.38. The summed E-state index contributed by atoms with van der Waals surface area (Å²) in [6.45, 7) is 1.20. The van der Waals surface area contributed by atoms with Crippen LogP contribution in [-0.2, 0) is 4.79 Å². The number of likely N-dealkylation sites (N-methyl/N-ethyl adjacent to an activating group) is 1. The molecule has 1 aliphatic heterocycles. The Balaban J connectivity index is 2.38. The van der Waals surface area contributed by atoms with Gasteiger partial charge in [-0.2, -0.15) is 5.26 Å². The summed E-state index contributed by atoms with van der Waals surface area (Å²) < 4.78 is 13.9. The van der Waals surface area contributed by atoms with E-state index in [1.165, 1.54) is 6.07 Å². The van der Waals surface area contributed by atoms with Gasteiger partial charge in [0.15, 0.2) is 0 Å². The van der Waals surface area contributed by atoms with E-state index in [0.717, 1.165) is 6.42 Å². The highest BCUT2D eigenvalue weighted by molar-refractivity contribution is 5.86. The number of halogens is 1. The fourth-order valence-electron chi connectivity index (χ4n) is 2.39. The molecule has 19 heavy (non-hydrogen) atoms. The largest absolute Gasteiger partial charge is 0.356 e. The van der Waals surface area contributed by atoms with Gasteiger partial charge in [0.2, 0.25) is 5.91 Å². The first kappa shape index (κ1) is 13.3. The molecule has 1 saturated heterocycles. The summed E-state index contributed by atoms with van der Waals surface area (Å²) in [4.78, 5) is 15.6. The standard InChI is InChI=1S/C14H16FN3O/c1-17-9-4-10-18(13(7-8-16)14(17)19)12-6-3-2-5-11(12)15/h2-3,5-6,13H,4,7,9-10H2,1H3. The van der Waals surface area contributed by atoms with Crippen molar-refractivity contribution in [3.63, 3.8) is 0 Å². The zero-order valence-corrected chi connectivity index (χ0v) is 10.8. The summed E-state index contributed by atoms with van der Waals surface area (Å²) >= 11 is 0. The Morgan fingerprint density at radius 2 is 2.16 bits per heavy atom. The second-order valence-corrected chi connectivity index (χ2v) is 4.64. The smallest absolute Gasteiger partial charge is 0.246 e. The average molecular weight is 261 g/mol. The van der Waals surface area contributed by atoms with Gasteiger partial charge in [0.1, 0.15) is 11.9 Å². The van der Waals surface area contributed by atoms with Crippen molar-refractivity contribution in [2.75, 3.05) is 25.0 Å². The average Bonchev–Trinajstić information content (AvgIpc) is 2.53. The van der Waals surface area contributed by atoms with Gasteiger partial charge in [-0.1, -0.05) is 12.1 Å². The van der Waals surface area contributed by atoms with E-state index < -0.39 is 6.04 Å². The minimum absolute atomic E-state index is 0.0670. The van der Waals surface area contributed by atoms with Gasteiger partial charge in [0, 0.05) is 20.1 Å². The molecule has 0 N–H and O–H groups in total. The molecule has 5 heteroatoms. The second-order valence-electron chi connectivity index (χ2n) is 4.64. The lowest BCUT2D eigenvalue weighted by atomic mass is 10.1. The van der Waals surface area contributed by atoms with Crippen LogP contribution >= 0.6 is 0 Å². The molecule has 4 nitrogen and oxygen atoms in total. The molecule has 1 unspecified atom stereocenters. The highest BCUT2D eigenvalue weighted by atomic mass is 19.1. The number of rotatable bonds is 2. The van der Waals surface area contributed by atoms with Crippen LogP contribution in [0.15, 0.2) is 24.3 Å². The minimum Gasteiger partial charge on any atom is -0.356 e. The number of nitrogens with zero attached hydrogens (tertiary/aromatic N) is 3. The molecule has 2 rings (SSSR count). The maximum absolute atomic E-state index is 13.9. The summed E-state index contributed by atoms with van der Waals surface area (Å²) in [7, 11) is 1.72. The van der Waals surface area contributed by atoms with E-state index in [-0.39, 0.29) is 18.1 Å². The van der Waals surface area contributed by atoms with Crippen molar-refractivity contribution in [1.29, 1.82) is 5.26 Å². The molecule has 1 heterocycles. The lowest BCUT2D eigenvalue weighted by Gasteiger charge is -2.30. The van der Waals surface area contributed by atoms with Gasteiger partial charge in [-0.3, -0.25) is 4.79 Å². The van der Waals surface area contributed by atoms with E-state index in [9.17, 15) is 9.18 Å². The number of hydrogen-bond acceptors (Lipinski definition) is 3. The van der Waals surface area contributed by atoms with E-state index >= 15 is 0 Å². The fraction of sp³-hybridized carbons (Fsp3) is 0.429. The second kappa shape index (κ2) is 5.70. The lowest BCUT2D eigenvalue weighted by Crippen LogP contribution is -2.45. The maximum atomic E-state index is 13.9. The van der Waals surface area contributed by atoms with E-state index in [2.05, 4.69) is 0 Å². The Kier molecular flexibility index (Phi) is 4.00. The van der Waals surface area contributed by atoms with Crippen LogP contribution < -0.4 is 4.90 Å². The van der Waals surface area contributed by atoms with Crippen LogP contribution in [-0.4, -0.2) is 37.0 Å². The molecular weight excluding hydrogens is 245 g/mol. The highest BCUT2D eigenvalue weighted by Crippen LogP contribution is 2.25. The monoisotopic (exact) mass is 261 g/mol. The van der Waals surface area contributed by atoms with Crippen molar-refractivity contribution < 1.29 is 9.18 Å². The van der Waals surface area contributed by atoms with E-state index in [1.54, 1.807) is 35.0 Å². The first-order chi connectivity index (χ1) is 9.15. The molecular formula is C14H16FN3O. The highest BCUT2D eigenvalue weighted by Gasteiger charge is 2.32. The van der Waals surface area contributed by atoms with E-state index in [0.29, 0.717) is 18.8 Å². The summed E-state index contributed by atoms with van der Waals surface area (Å²) in [5, 5.41) is 8.91. The van der Waals surface area contributed by atoms with Crippen LogP contribution in [0.5, 0.6) is 0 Å². The third-order valence-electron chi connectivity index (χ3n) is 3.38. The van der Waals surface area contributed by atoms with Gasteiger partial charge in [-0.15, -0.1) is 0 Å². The van der Waals surface area contributed by atoms with Gasteiger partial charge in [-0.05, 0) is 18.6 Å². The van der Waals surface area contributed by atoms with E-state index in [1.807, 2.05) is 6.07 Å². The first-order valence-electron chi connectivity index (χ1n) is 6.28. The number of amides is 1. The van der Waals surface area contributed by atoms with Crippen LogP contribution in [0.4, 0.5) is 10.1 Å². The predicted molar refractivity (Wildman–Crippen MR) is 70.0 cm³/mol. The molecule has 1 aromatic rings. The molecule has 0 saturated carbocycles. The Bertz CT molecular complexity index is 512. The van der Waals surface area contributed by atoms with Crippen LogP contribution in [0.2, 0.25) is 0 Å². The molecule has 0 aliphatic carbocycles. The molecule has 1 atom stereocenters. The van der Waals surface area contributed by atoms with Gasteiger partial charge >= 0.3 is 0 Å². The van der Waals surface area contributed by atoms with Crippen molar-refractivity contribution in [2.24, 2.45) is 0 Å². The van der Waals surface area contributed by atoms with Crippen LogP contribution in [0, 0.1) is 17.1 Å². The number of hydrogen-bond donors (Lipinski definition) is 0. The van der Waals surface area contributed by atoms with Crippen molar-refractivity contribution in [3.8, 4) is 6.07 Å². The normalized spacial score (nSPS) is 20.1. The summed E-state index contributed by atoms with van der Waals surface area (Å²) in [5.74, 6) is -0.481. The number of nitriles is 1. The van der Waals surface area contributed by atoms with Gasteiger partial charge in [0.05, 0.1) is 18.2 Å². The van der Waals surface area contributed by atoms with Crippen LogP contribution in [0.25, 0.3) is 0 Å². The molecule has 0 radical (unpaired) electrons. The van der Waals surface area contributed by atoms with E-state index in [4.69, 9.17) is 5.26 Å². The zero-order chi connectivity index (χ0) is 13.8.